The van der Waals surface area contributed by atoms with Crippen molar-refractivity contribution in [2.24, 2.45) is 5.16 Å². The number of esters is 1. The van der Waals surface area contributed by atoms with Crippen molar-refractivity contribution in [3.8, 4) is 0 Å². The number of hydrogen-bond donors (Lipinski definition) is 1. The Bertz CT molecular complexity index is 343. The van der Waals surface area contributed by atoms with Crippen LogP contribution in [0.1, 0.15) is 13.8 Å². The molecule has 0 bridgehead atoms. The van der Waals surface area contributed by atoms with Gasteiger partial charge >= 0.3 is 5.97 Å². The summed E-state index contributed by atoms with van der Waals surface area (Å²) >= 11 is 1.22. The minimum atomic E-state index is -0.812. The Balaban J connectivity index is 4.80. The minimum absolute atomic E-state index is 0.0405. The number of rotatable bonds is 10. The van der Waals surface area contributed by atoms with Gasteiger partial charge in [0, 0.05) is 5.75 Å². The summed E-state index contributed by atoms with van der Waals surface area (Å²) in [5.74, 6) is -0.898. The zero-order valence-electron chi connectivity index (χ0n) is 11.1. The fourth-order valence-corrected chi connectivity index (χ4v) is 1.76. The number of ether oxygens (including phenoxy) is 1. The quantitative estimate of drug-likeness (QED) is 0.160. The standard InChI is InChI=1S/C12H19NO5S/c1-4-7-18-13-10(12(16)17-5-2)11(15)9(3)19-8-6-14/h4,9,14H,1,5-8H2,2-3H3/b13-10+. The van der Waals surface area contributed by atoms with Gasteiger partial charge in [0.15, 0.2) is 0 Å². The molecule has 0 heterocycles. The molecular weight excluding hydrogens is 270 g/mol. The molecular formula is C12H19NO5S. The van der Waals surface area contributed by atoms with Crippen LogP contribution < -0.4 is 0 Å². The largest absolute Gasteiger partial charge is 0.461 e. The number of aliphatic hydroxyl groups excluding tert-OH is 1. The second-order valence-corrected chi connectivity index (χ2v) is 4.79. The maximum absolute atomic E-state index is 12.0. The fraction of sp³-hybridized carbons (Fsp3) is 0.583. The molecule has 0 aromatic heterocycles. The Morgan fingerprint density at radius 2 is 2.21 bits per heavy atom. The summed E-state index contributed by atoms with van der Waals surface area (Å²) in [6, 6.07) is 0. The number of thioether (sulfide) groups is 1. The molecule has 0 rings (SSSR count). The summed E-state index contributed by atoms with van der Waals surface area (Å²) in [6.45, 7) is 6.89. The smallest absolute Gasteiger partial charge is 0.364 e. The van der Waals surface area contributed by atoms with Crippen LogP contribution in [0.25, 0.3) is 0 Å². The van der Waals surface area contributed by atoms with Crippen LogP contribution in [0.5, 0.6) is 0 Å². The highest BCUT2D eigenvalue weighted by Gasteiger charge is 2.27. The van der Waals surface area contributed by atoms with Gasteiger partial charge < -0.3 is 14.7 Å². The maximum atomic E-state index is 12.0. The molecule has 7 heteroatoms. The third-order valence-electron chi connectivity index (χ3n) is 1.88. The summed E-state index contributed by atoms with van der Waals surface area (Å²) in [7, 11) is 0. The van der Waals surface area contributed by atoms with Crippen LogP contribution in [0.3, 0.4) is 0 Å². The first kappa shape index (κ1) is 17.7. The average Bonchev–Trinajstić information content (AvgIpc) is 2.40. The number of carbonyl (C=O) groups is 2. The van der Waals surface area contributed by atoms with Crippen molar-refractivity contribution in [3.63, 3.8) is 0 Å². The van der Waals surface area contributed by atoms with Gasteiger partial charge in [0.2, 0.25) is 11.5 Å². The minimum Gasteiger partial charge on any atom is -0.461 e. The molecule has 0 aromatic rings. The average molecular weight is 289 g/mol. The van der Waals surface area contributed by atoms with Crippen LogP contribution in [-0.4, -0.2) is 53.4 Å². The van der Waals surface area contributed by atoms with Crippen LogP contribution in [0.15, 0.2) is 17.8 Å². The van der Waals surface area contributed by atoms with Crippen LogP contribution in [0.2, 0.25) is 0 Å². The van der Waals surface area contributed by atoms with E-state index in [-0.39, 0.29) is 25.5 Å². The van der Waals surface area contributed by atoms with E-state index >= 15 is 0 Å². The first-order chi connectivity index (χ1) is 9.08. The van der Waals surface area contributed by atoms with Gasteiger partial charge in [-0.2, -0.15) is 0 Å². The number of Topliss-reactive ketones (excluding diaryl/α,β-unsaturated/α-hetero) is 1. The number of nitrogens with zero attached hydrogens (tertiary/aromatic N) is 1. The van der Waals surface area contributed by atoms with Crippen molar-refractivity contribution >= 4 is 29.2 Å². The Kier molecular flexibility index (Phi) is 9.82. The second-order valence-electron chi connectivity index (χ2n) is 3.35. The van der Waals surface area contributed by atoms with E-state index in [1.807, 2.05) is 0 Å². The van der Waals surface area contributed by atoms with Crippen molar-refractivity contribution in [1.29, 1.82) is 0 Å². The monoisotopic (exact) mass is 289 g/mol. The SMILES string of the molecule is C=CCO/N=C(/C(=O)OCC)C(=O)C(C)SCCO. The summed E-state index contributed by atoms with van der Waals surface area (Å²) in [4.78, 5) is 28.4. The van der Waals surface area contributed by atoms with E-state index in [1.54, 1.807) is 13.8 Å². The Morgan fingerprint density at radius 3 is 2.74 bits per heavy atom. The molecule has 0 saturated carbocycles. The van der Waals surface area contributed by atoms with E-state index in [9.17, 15) is 9.59 Å². The van der Waals surface area contributed by atoms with Gasteiger partial charge in [-0.25, -0.2) is 4.79 Å². The Labute approximate surface area is 116 Å². The van der Waals surface area contributed by atoms with Crippen molar-refractivity contribution in [2.75, 3.05) is 25.6 Å². The lowest BCUT2D eigenvalue weighted by atomic mass is 10.2. The number of ketones is 1. The molecule has 0 spiro atoms. The lowest BCUT2D eigenvalue weighted by Crippen LogP contribution is -2.32. The molecule has 0 fully saturated rings. The molecule has 0 aromatic carbocycles. The molecule has 1 N–H and O–H groups in total. The number of oxime groups is 1. The van der Waals surface area contributed by atoms with Gasteiger partial charge in [-0.15, -0.1) is 11.8 Å². The first-order valence-electron chi connectivity index (χ1n) is 5.83. The van der Waals surface area contributed by atoms with Crippen LogP contribution in [0, 0.1) is 0 Å². The lowest BCUT2D eigenvalue weighted by molar-refractivity contribution is -0.136. The van der Waals surface area contributed by atoms with Gasteiger partial charge in [0.25, 0.3) is 0 Å². The van der Waals surface area contributed by atoms with Crippen molar-refractivity contribution in [2.45, 2.75) is 19.1 Å². The first-order valence-corrected chi connectivity index (χ1v) is 6.87. The topological polar surface area (TPSA) is 85.2 Å². The molecule has 0 amide bonds. The molecule has 108 valence electrons. The van der Waals surface area contributed by atoms with E-state index in [4.69, 9.17) is 14.7 Å². The third kappa shape index (κ3) is 6.97. The second kappa shape index (κ2) is 10.6. The van der Waals surface area contributed by atoms with Crippen LogP contribution in [0.4, 0.5) is 0 Å². The molecule has 1 unspecified atom stereocenters. The van der Waals surface area contributed by atoms with Crippen LogP contribution >= 0.6 is 11.8 Å². The van der Waals surface area contributed by atoms with Crippen molar-refractivity contribution < 1.29 is 24.3 Å². The molecule has 0 radical (unpaired) electrons. The van der Waals surface area contributed by atoms with E-state index in [2.05, 4.69) is 11.7 Å². The third-order valence-corrected chi connectivity index (χ3v) is 3.01. The van der Waals surface area contributed by atoms with Gasteiger partial charge in [-0.1, -0.05) is 17.8 Å². The predicted octanol–water partition coefficient (Wildman–Crippen LogP) is 0.791. The molecule has 0 saturated heterocycles. The number of aliphatic hydroxyl groups is 1. The Hall–Kier alpha value is -1.34. The van der Waals surface area contributed by atoms with E-state index < -0.39 is 17.0 Å². The van der Waals surface area contributed by atoms with Gasteiger partial charge in [0.1, 0.15) is 6.61 Å². The summed E-state index contributed by atoms with van der Waals surface area (Å²) < 4.78 is 4.76. The molecule has 19 heavy (non-hydrogen) atoms. The zero-order valence-corrected chi connectivity index (χ0v) is 11.9. The van der Waals surface area contributed by atoms with Crippen molar-refractivity contribution in [1.82, 2.24) is 0 Å². The lowest BCUT2D eigenvalue weighted by Gasteiger charge is -2.10. The predicted molar refractivity (Wildman–Crippen MR) is 74.2 cm³/mol. The normalized spacial score (nSPS) is 12.7. The summed E-state index contributed by atoms with van der Waals surface area (Å²) in [5, 5.41) is 11.7. The molecule has 0 aliphatic carbocycles. The van der Waals surface area contributed by atoms with Gasteiger partial charge in [0.05, 0.1) is 18.5 Å². The fourth-order valence-electron chi connectivity index (χ4n) is 1.03. The number of carbonyl (C=O) groups excluding carboxylic acids is 2. The molecule has 0 aliphatic heterocycles. The Morgan fingerprint density at radius 1 is 1.53 bits per heavy atom. The molecule has 6 nitrogen and oxygen atoms in total. The summed E-state index contributed by atoms with van der Waals surface area (Å²) in [6.07, 6.45) is 1.45. The highest BCUT2D eigenvalue weighted by atomic mass is 32.2. The highest BCUT2D eigenvalue weighted by Crippen LogP contribution is 2.12. The van der Waals surface area contributed by atoms with E-state index in [1.165, 1.54) is 17.8 Å². The zero-order chi connectivity index (χ0) is 14.7. The van der Waals surface area contributed by atoms with Crippen molar-refractivity contribution in [3.05, 3.63) is 12.7 Å². The maximum Gasteiger partial charge on any atom is 0.364 e. The highest BCUT2D eigenvalue weighted by molar-refractivity contribution is 8.00. The van der Waals surface area contributed by atoms with Crippen LogP contribution in [-0.2, 0) is 19.2 Å². The molecule has 1 atom stereocenters. The number of hydrogen-bond acceptors (Lipinski definition) is 7. The van der Waals surface area contributed by atoms with Gasteiger partial charge in [-0.05, 0) is 13.8 Å². The summed E-state index contributed by atoms with van der Waals surface area (Å²) in [5.41, 5.74) is -0.373. The van der Waals surface area contributed by atoms with E-state index in [0.29, 0.717) is 5.75 Å². The molecule has 0 aliphatic rings. The van der Waals surface area contributed by atoms with E-state index in [0.717, 1.165) is 0 Å². The van der Waals surface area contributed by atoms with Gasteiger partial charge in [-0.3, -0.25) is 4.79 Å².